The van der Waals surface area contributed by atoms with Crippen molar-refractivity contribution in [2.75, 3.05) is 30.8 Å². The number of anilines is 3. The molecule has 1 aliphatic heterocycles. The number of carbonyl (C=O) groups excluding carboxylic acids is 1. The van der Waals surface area contributed by atoms with Crippen molar-refractivity contribution in [1.82, 2.24) is 25.1 Å². The largest absolute Gasteiger partial charge is 0.351 e. The number of amides is 1. The minimum atomic E-state index is -0.200. The van der Waals surface area contributed by atoms with Crippen molar-refractivity contribution in [3.8, 4) is 0 Å². The molecule has 5 N–H and O–H groups in total. The number of aliphatic imine (C=N–C) groups is 1. The van der Waals surface area contributed by atoms with E-state index in [4.69, 9.17) is 5.84 Å². The van der Waals surface area contributed by atoms with E-state index in [0.717, 1.165) is 18.7 Å². The van der Waals surface area contributed by atoms with Crippen LogP contribution in [0.4, 0.5) is 17.6 Å². The zero-order chi connectivity index (χ0) is 20.9. The quantitative estimate of drug-likeness (QED) is 0.305. The molecule has 2 aliphatic rings. The molecule has 158 valence electrons. The Hall–Kier alpha value is -3.50. The predicted molar refractivity (Wildman–Crippen MR) is 115 cm³/mol. The first-order valence-electron chi connectivity index (χ1n) is 10.1. The lowest BCUT2D eigenvalue weighted by atomic mass is 10.0. The summed E-state index contributed by atoms with van der Waals surface area (Å²) in [6.45, 7) is 1.20. The maximum Gasteiger partial charge on any atom is 0.275 e. The Morgan fingerprint density at radius 3 is 2.80 bits per heavy atom. The Bertz CT molecular complexity index is 940. The van der Waals surface area contributed by atoms with Gasteiger partial charge in [0.25, 0.3) is 5.91 Å². The summed E-state index contributed by atoms with van der Waals surface area (Å²) in [6.07, 6.45) is 7.08. The van der Waals surface area contributed by atoms with Crippen LogP contribution in [0.5, 0.6) is 0 Å². The van der Waals surface area contributed by atoms with Gasteiger partial charge in [0.05, 0.1) is 6.21 Å². The molecule has 11 nitrogen and oxygen atoms in total. The highest BCUT2D eigenvalue weighted by atomic mass is 16.2. The van der Waals surface area contributed by atoms with Crippen molar-refractivity contribution in [2.45, 2.75) is 37.6 Å². The lowest BCUT2D eigenvalue weighted by Gasteiger charge is -2.32. The minimum Gasteiger partial charge on any atom is -0.351 e. The summed E-state index contributed by atoms with van der Waals surface area (Å²) in [6, 6.07) is 4.01. The van der Waals surface area contributed by atoms with E-state index in [1.54, 1.807) is 24.2 Å². The Labute approximate surface area is 174 Å². The third kappa shape index (κ3) is 4.73. The number of nitrogens with one attached hydrogen (secondary N) is 3. The normalized spacial score (nSPS) is 18.0. The molecule has 0 aromatic carbocycles. The van der Waals surface area contributed by atoms with Gasteiger partial charge < -0.3 is 21.4 Å². The number of carbonyl (C=O) groups is 1. The Balaban J connectivity index is 1.31. The molecule has 30 heavy (non-hydrogen) atoms. The molecule has 0 spiro atoms. The molecular formula is C19H26N10O. The Morgan fingerprint density at radius 2 is 2.10 bits per heavy atom. The molecule has 1 saturated heterocycles. The highest BCUT2D eigenvalue weighted by Gasteiger charge is 2.26. The molecule has 4 rings (SSSR count). The van der Waals surface area contributed by atoms with E-state index in [1.165, 1.54) is 24.8 Å². The number of aromatic amines is 1. The third-order valence-corrected chi connectivity index (χ3v) is 5.25. The van der Waals surface area contributed by atoms with Gasteiger partial charge in [0.15, 0.2) is 11.5 Å². The number of H-pyrrole nitrogens is 1. The average Bonchev–Trinajstić information content (AvgIpc) is 3.51. The van der Waals surface area contributed by atoms with Crippen molar-refractivity contribution in [3.63, 3.8) is 0 Å². The topological polar surface area (TPSA) is 150 Å². The maximum absolute atomic E-state index is 12.4. The number of likely N-dealkylation sites (tertiary alicyclic amines) is 1. The van der Waals surface area contributed by atoms with E-state index in [9.17, 15) is 4.79 Å². The van der Waals surface area contributed by atoms with Gasteiger partial charge in [-0.05, 0) is 31.7 Å². The van der Waals surface area contributed by atoms with Crippen LogP contribution in [0.1, 0.15) is 37.3 Å². The number of piperidine rings is 1. The van der Waals surface area contributed by atoms with Crippen LogP contribution in [0.2, 0.25) is 0 Å². The van der Waals surface area contributed by atoms with Gasteiger partial charge in [-0.15, -0.1) is 0 Å². The summed E-state index contributed by atoms with van der Waals surface area (Å²) in [7, 11) is 1.58. The zero-order valence-corrected chi connectivity index (χ0v) is 16.9. The average molecular weight is 410 g/mol. The van der Waals surface area contributed by atoms with E-state index in [0.29, 0.717) is 30.8 Å². The lowest BCUT2D eigenvalue weighted by molar-refractivity contribution is -0.124. The van der Waals surface area contributed by atoms with Crippen LogP contribution < -0.4 is 16.5 Å². The van der Waals surface area contributed by atoms with Crippen molar-refractivity contribution >= 4 is 35.4 Å². The molecule has 1 saturated carbocycles. The highest BCUT2D eigenvalue weighted by Crippen LogP contribution is 2.39. The van der Waals surface area contributed by atoms with Crippen LogP contribution in [0, 0.1) is 0 Å². The molecule has 1 aliphatic carbocycles. The van der Waals surface area contributed by atoms with Crippen LogP contribution in [-0.4, -0.2) is 69.1 Å². The van der Waals surface area contributed by atoms with Gasteiger partial charge in [0.1, 0.15) is 5.82 Å². The molecule has 3 heterocycles. The van der Waals surface area contributed by atoms with Gasteiger partial charge in [-0.25, -0.2) is 4.98 Å². The van der Waals surface area contributed by atoms with Crippen LogP contribution in [-0.2, 0) is 4.79 Å². The predicted octanol–water partition coefficient (Wildman–Crippen LogP) is 1.24. The number of hydrogen-bond donors (Lipinski definition) is 4. The number of nitrogens with two attached hydrogens (primary N) is 1. The van der Waals surface area contributed by atoms with E-state index < -0.39 is 0 Å². The standard InChI is InChI=1S/C19H26N10O/c1-21-11-15(26-20)18(30)29-8-5-13(6-9-29)23-19-22-7-4-16(25-19)24-17-10-14(27-28-17)12-2-3-12/h4,7,10-13H,2-3,5-6,8-9,20H2,1H3,(H3,22,23,24,25,27,28)/b21-11?,26-15+. The summed E-state index contributed by atoms with van der Waals surface area (Å²) in [5.41, 5.74) is 1.33. The summed E-state index contributed by atoms with van der Waals surface area (Å²) in [4.78, 5) is 26.8. The van der Waals surface area contributed by atoms with Gasteiger partial charge in [-0.3, -0.25) is 14.9 Å². The van der Waals surface area contributed by atoms with Crippen molar-refractivity contribution < 1.29 is 4.79 Å². The number of hydrazone groups is 1. The molecule has 2 fully saturated rings. The number of rotatable bonds is 7. The molecule has 11 heteroatoms. The first-order chi connectivity index (χ1) is 14.7. The van der Waals surface area contributed by atoms with Gasteiger partial charge in [0.2, 0.25) is 5.95 Å². The van der Waals surface area contributed by atoms with Crippen LogP contribution in [0.3, 0.4) is 0 Å². The van der Waals surface area contributed by atoms with E-state index in [1.807, 2.05) is 6.07 Å². The highest BCUT2D eigenvalue weighted by molar-refractivity contribution is 6.60. The zero-order valence-electron chi connectivity index (χ0n) is 16.9. The van der Waals surface area contributed by atoms with E-state index in [-0.39, 0.29) is 17.7 Å². The van der Waals surface area contributed by atoms with Crippen LogP contribution in [0.15, 0.2) is 28.4 Å². The number of hydrogen-bond acceptors (Lipinski definition) is 9. The fourth-order valence-electron chi connectivity index (χ4n) is 3.47. The summed E-state index contributed by atoms with van der Waals surface area (Å²) in [5.74, 6) is 7.69. The molecule has 0 atom stereocenters. The first-order valence-corrected chi connectivity index (χ1v) is 10.1. The van der Waals surface area contributed by atoms with Crippen molar-refractivity contribution in [1.29, 1.82) is 0 Å². The van der Waals surface area contributed by atoms with Crippen LogP contribution in [0.25, 0.3) is 0 Å². The molecular weight excluding hydrogens is 384 g/mol. The van der Waals surface area contributed by atoms with Crippen LogP contribution >= 0.6 is 0 Å². The van der Waals surface area contributed by atoms with Gasteiger partial charge >= 0.3 is 0 Å². The lowest BCUT2D eigenvalue weighted by Crippen LogP contribution is -2.45. The second-order valence-corrected chi connectivity index (χ2v) is 7.49. The minimum absolute atomic E-state index is 0.161. The van der Waals surface area contributed by atoms with Gasteiger partial charge in [-0.2, -0.15) is 15.2 Å². The smallest absolute Gasteiger partial charge is 0.275 e. The second-order valence-electron chi connectivity index (χ2n) is 7.49. The number of aromatic nitrogens is 4. The number of nitrogens with zero attached hydrogens (tertiary/aromatic N) is 6. The van der Waals surface area contributed by atoms with Gasteiger partial charge in [-0.1, -0.05) is 0 Å². The fourth-order valence-corrected chi connectivity index (χ4v) is 3.47. The molecule has 0 radical (unpaired) electrons. The Kier molecular flexibility index (Phi) is 5.87. The molecule has 2 aromatic rings. The van der Waals surface area contributed by atoms with Crippen molar-refractivity contribution in [2.24, 2.45) is 15.9 Å². The second kappa shape index (κ2) is 8.89. The molecule has 0 unspecified atom stereocenters. The first kappa shape index (κ1) is 19.8. The summed E-state index contributed by atoms with van der Waals surface area (Å²) < 4.78 is 0. The maximum atomic E-state index is 12.4. The third-order valence-electron chi connectivity index (χ3n) is 5.25. The van der Waals surface area contributed by atoms with Gasteiger partial charge in [0, 0.05) is 50.1 Å². The van der Waals surface area contributed by atoms with E-state index in [2.05, 4.69) is 40.9 Å². The summed E-state index contributed by atoms with van der Waals surface area (Å²) in [5, 5.41) is 17.5. The molecule has 2 aromatic heterocycles. The SMILES string of the molecule is CN=C/C(=N\N)C(=O)N1CCC(Nc2nccc(Nc3cc(C4CC4)[nH]n3)n2)CC1. The molecule has 1 amide bonds. The fraction of sp³-hybridized carbons (Fsp3) is 0.474. The van der Waals surface area contributed by atoms with E-state index >= 15 is 0 Å². The molecule has 0 bridgehead atoms. The monoisotopic (exact) mass is 410 g/mol. The Morgan fingerprint density at radius 1 is 1.30 bits per heavy atom. The summed E-state index contributed by atoms with van der Waals surface area (Å²) >= 11 is 0. The van der Waals surface area contributed by atoms with Crippen molar-refractivity contribution in [3.05, 3.63) is 24.0 Å².